The summed E-state index contributed by atoms with van der Waals surface area (Å²) < 4.78 is 31.9. The number of esters is 2. The topological polar surface area (TPSA) is 107 Å². The molecule has 3 heterocycles. The summed E-state index contributed by atoms with van der Waals surface area (Å²) in [6, 6.07) is 0. The van der Waals surface area contributed by atoms with Gasteiger partial charge in [-0.25, -0.2) is 14.4 Å². The normalized spacial score (nSPS) is 28.6. The predicted molar refractivity (Wildman–Crippen MR) is 97.5 cm³/mol. The number of ether oxygens (including phenoxy) is 6. The van der Waals surface area contributed by atoms with Gasteiger partial charge in [-0.1, -0.05) is 18.2 Å². The van der Waals surface area contributed by atoms with Crippen LogP contribution in [0, 0.1) is 5.41 Å². The molecule has 9 heteroatoms. The molecule has 158 valence electrons. The molecule has 0 radical (unpaired) electrons. The first-order valence-electron chi connectivity index (χ1n) is 9.19. The first-order chi connectivity index (χ1) is 13.7. The largest absolute Gasteiger partial charge is 0.509 e. The molecular weight excluding hydrogens is 384 g/mol. The van der Waals surface area contributed by atoms with Crippen molar-refractivity contribution >= 4 is 18.1 Å². The molecule has 2 fully saturated rings. The summed E-state index contributed by atoms with van der Waals surface area (Å²) in [5.41, 5.74) is -0.225. The Labute approximate surface area is 168 Å². The van der Waals surface area contributed by atoms with Gasteiger partial charge in [0.25, 0.3) is 0 Å². The van der Waals surface area contributed by atoms with Gasteiger partial charge in [0.05, 0.1) is 25.7 Å². The number of cyclic esters (lactones) is 3. The second kappa shape index (κ2) is 8.38. The number of methoxy groups -OCH3 is 1. The quantitative estimate of drug-likeness (QED) is 0.291. The van der Waals surface area contributed by atoms with E-state index in [0.29, 0.717) is 12.0 Å². The number of hydrogen-bond donors (Lipinski definition) is 0. The number of carbonyl (C=O) groups excluding carboxylic acids is 3. The molecule has 0 N–H and O–H groups in total. The van der Waals surface area contributed by atoms with E-state index in [9.17, 15) is 14.4 Å². The third kappa shape index (κ3) is 5.04. The first kappa shape index (κ1) is 21.1. The van der Waals surface area contributed by atoms with Gasteiger partial charge in [0.2, 0.25) is 0 Å². The number of allylic oxidation sites excluding steroid dienone is 2. The summed E-state index contributed by atoms with van der Waals surface area (Å²) in [5.74, 6) is -1.73. The highest BCUT2D eigenvalue weighted by Crippen LogP contribution is 2.40. The van der Waals surface area contributed by atoms with E-state index < -0.39 is 41.5 Å². The smallest absolute Gasteiger partial charge is 0.466 e. The summed E-state index contributed by atoms with van der Waals surface area (Å²) >= 11 is 0. The highest BCUT2D eigenvalue weighted by Gasteiger charge is 2.50. The Morgan fingerprint density at radius 2 is 1.90 bits per heavy atom. The zero-order chi connectivity index (χ0) is 21.1. The van der Waals surface area contributed by atoms with E-state index in [0.717, 1.165) is 0 Å². The van der Waals surface area contributed by atoms with E-state index in [1.165, 1.54) is 25.3 Å². The van der Waals surface area contributed by atoms with Crippen LogP contribution in [-0.4, -0.2) is 63.0 Å². The predicted octanol–water partition coefficient (Wildman–Crippen LogP) is 1.82. The van der Waals surface area contributed by atoms with Crippen LogP contribution < -0.4 is 0 Å². The average molecular weight is 408 g/mol. The summed E-state index contributed by atoms with van der Waals surface area (Å²) in [4.78, 5) is 34.8. The molecule has 0 aromatic carbocycles. The fourth-order valence-corrected chi connectivity index (χ4v) is 3.24. The van der Waals surface area contributed by atoms with Gasteiger partial charge >= 0.3 is 18.1 Å². The Hall–Kier alpha value is -2.65. The summed E-state index contributed by atoms with van der Waals surface area (Å²) in [6.45, 7) is 4.11. The Balaban J connectivity index is 1.82. The van der Waals surface area contributed by atoms with Crippen molar-refractivity contribution in [3.63, 3.8) is 0 Å². The molecule has 0 saturated carbocycles. The number of rotatable bonds is 5. The third-order valence-electron chi connectivity index (χ3n) is 4.99. The molecule has 2 atom stereocenters. The molecule has 9 nitrogen and oxygen atoms in total. The zero-order valence-corrected chi connectivity index (χ0v) is 16.5. The maximum atomic E-state index is 12.1. The first-order valence-corrected chi connectivity index (χ1v) is 9.19. The van der Waals surface area contributed by atoms with Gasteiger partial charge in [-0.15, -0.1) is 0 Å². The standard InChI is InChI=1S/C20H24O9/c1-19(2)26-11-20(12-27-19,7-5-4-6-16(21)24-3)15-9-14(28-18(23)29-15)13-8-17(22)25-10-13/h4-8,14-15H,9-12H2,1-3H3/b6-4+,7-5+/t14-,15+/m0/s1. The second-order valence-corrected chi connectivity index (χ2v) is 7.48. The van der Waals surface area contributed by atoms with Crippen molar-refractivity contribution in [3.05, 3.63) is 36.0 Å². The number of carbonyl (C=O) groups is 3. The highest BCUT2D eigenvalue weighted by molar-refractivity contribution is 5.85. The molecule has 3 aliphatic rings. The average Bonchev–Trinajstić information content (AvgIpc) is 3.12. The van der Waals surface area contributed by atoms with E-state index in [4.69, 9.17) is 23.7 Å². The fourth-order valence-electron chi connectivity index (χ4n) is 3.24. The van der Waals surface area contributed by atoms with Gasteiger partial charge < -0.3 is 28.4 Å². The Morgan fingerprint density at radius 1 is 1.17 bits per heavy atom. The maximum absolute atomic E-state index is 12.1. The zero-order valence-electron chi connectivity index (χ0n) is 16.5. The van der Waals surface area contributed by atoms with Gasteiger partial charge in [0, 0.05) is 24.1 Å². The minimum absolute atomic E-state index is 0.0776. The fraction of sp³-hybridized carbons (Fsp3) is 0.550. The summed E-state index contributed by atoms with van der Waals surface area (Å²) in [6.07, 6.45) is 5.75. The molecule has 0 amide bonds. The van der Waals surface area contributed by atoms with E-state index in [2.05, 4.69) is 4.74 Å². The van der Waals surface area contributed by atoms with Gasteiger partial charge in [-0.3, -0.25) is 0 Å². The van der Waals surface area contributed by atoms with Crippen molar-refractivity contribution in [1.82, 2.24) is 0 Å². The molecule has 3 aliphatic heterocycles. The van der Waals surface area contributed by atoms with Crippen molar-refractivity contribution < 1.29 is 42.8 Å². The lowest BCUT2D eigenvalue weighted by Gasteiger charge is -2.47. The Morgan fingerprint density at radius 3 is 2.52 bits per heavy atom. The van der Waals surface area contributed by atoms with Crippen molar-refractivity contribution in [2.24, 2.45) is 5.41 Å². The van der Waals surface area contributed by atoms with Crippen molar-refractivity contribution in [3.8, 4) is 0 Å². The molecule has 0 aliphatic carbocycles. The van der Waals surface area contributed by atoms with Crippen molar-refractivity contribution in [2.75, 3.05) is 26.9 Å². The van der Waals surface area contributed by atoms with Gasteiger partial charge in [-0.05, 0) is 13.8 Å². The van der Waals surface area contributed by atoms with Gasteiger partial charge in [0.15, 0.2) is 5.79 Å². The Kier molecular flexibility index (Phi) is 6.09. The molecule has 0 bridgehead atoms. The van der Waals surface area contributed by atoms with E-state index in [1.54, 1.807) is 26.0 Å². The molecule has 0 aromatic heterocycles. The third-order valence-corrected chi connectivity index (χ3v) is 4.99. The SMILES string of the molecule is COC(=O)/C=C/C=C/C1([C@H]2C[C@@H](C3=CC(=O)OC3)OC(=O)O2)COC(C)(C)OC1. The molecule has 0 spiro atoms. The van der Waals surface area contributed by atoms with Gasteiger partial charge in [-0.2, -0.15) is 0 Å². The monoisotopic (exact) mass is 408 g/mol. The highest BCUT2D eigenvalue weighted by atomic mass is 16.7. The van der Waals surface area contributed by atoms with Crippen LogP contribution in [0.1, 0.15) is 20.3 Å². The van der Waals surface area contributed by atoms with Gasteiger partial charge in [0.1, 0.15) is 18.8 Å². The van der Waals surface area contributed by atoms with Crippen LogP contribution in [-0.2, 0) is 38.0 Å². The van der Waals surface area contributed by atoms with Crippen LogP contribution in [0.2, 0.25) is 0 Å². The van der Waals surface area contributed by atoms with Crippen molar-refractivity contribution in [2.45, 2.75) is 38.3 Å². The van der Waals surface area contributed by atoms with Crippen LogP contribution in [0.25, 0.3) is 0 Å². The van der Waals surface area contributed by atoms with E-state index >= 15 is 0 Å². The van der Waals surface area contributed by atoms with E-state index in [-0.39, 0.29) is 19.8 Å². The molecule has 3 rings (SSSR count). The van der Waals surface area contributed by atoms with Crippen LogP contribution in [0.4, 0.5) is 4.79 Å². The van der Waals surface area contributed by atoms with Crippen LogP contribution >= 0.6 is 0 Å². The molecule has 29 heavy (non-hydrogen) atoms. The van der Waals surface area contributed by atoms with Crippen molar-refractivity contribution in [1.29, 1.82) is 0 Å². The molecule has 0 aromatic rings. The molecule has 0 unspecified atom stereocenters. The van der Waals surface area contributed by atoms with Crippen LogP contribution in [0.3, 0.4) is 0 Å². The lowest BCUT2D eigenvalue weighted by molar-refractivity contribution is -0.292. The van der Waals surface area contributed by atoms with Crippen LogP contribution in [0.15, 0.2) is 36.0 Å². The lowest BCUT2D eigenvalue weighted by atomic mass is 9.78. The molecular formula is C20H24O9. The lowest BCUT2D eigenvalue weighted by Crippen LogP contribution is -2.55. The van der Waals surface area contributed by atoms with Crippen LogP contribution in [0.5, 0.6) is 0 Å². The van der Waals surface area contributed by atoms with E-state index in [1.807, 2.05) is 0 Å². The number of hydrogen-bond acceptors (Lipinski definition) is 9. The summed E-state index contributed by atoms with van der Waals surface area (Å²) in [5, 5.41) is 0. The molecule has 2 saturated heterocycles. The minimum Gasteiger partial charge on any atom is -0.466 e. The summed E-state index contributed by atoms with van der Waals surface area (Å²) in [7, 11) is 1.29. The maximum Gasteiger partial charge on any atom is 0.509 e. The second-order valence-electron chi connectivity index (χ2n) is 7.48. The Bertz CT molecular complexity index is 752. The minimum atomic E-state index is -0.839.